The lowest BCUT2D eigenvalue weighted by atomic mass is 9.83. The van der Waals surface area contributed by atoms with Crippen molar-refractivity contribution in [3.63, 3.8) is 0 Å². The number of hydrogen-bond donors (Lipinski definition) is 1. The summed E-state index contributed by atoms with van der Waals surface area (Å²) in [5.74, 6) is 0. The Balaban J connectivity index is 4.25. The van der Waals surface area contributed by atoms with E-state index in [1.807, 2.05) is 13.8 Å². The second-order valence-corrected chi connectivity index (χ2v) is 7.81. The molecule has 0 radical (unpaired) electrons. The van der Waals surface area contributed by atoms with Crippen LogP contribution in [0.25, 0.3) is 0 Å². The van der Waals surface area contributed by atoms with E-state index in [0.29, 0.717) is 17.8 Å². The summed E-state index contributed by atoms with van der Waals surface area (Å²) < 4.78 is -1.31. The summed E-state index contributed by atoms with van der Waals surface area (Å²) in [5.41, 5.74) is 5.28. The fourth-order valence-electron chi connectivity index (χ4n) is 1.08. The van der Waals surface area contributed by atoms with E-state index in [1.165, 1.54) is 0 Å². The molecule has 1 nitrogen and oxygen atoms in total. The Morgan fingerprint density at radius 3 is 2.13 bits per heavy atom. The zero-order valence-corrected chi connectivity index (χ0v) is 12.5. The molecule has 0 rings (SSSR count). The molecule has 0 aliphatic carbocycles. The summed E-state index contributed by atoms with van der Waals surface area (Å²) in [5, 5.41) is -0.223. The van der Waals surface area contributed by atoms with E-state index in [2.05, 4.69) is 0 Å². The van der Waals surface area contributed by atoms with Gasteiger partial charge < -0.3 is 5.73 Å². The number of rotatable bonds is 5. The van der Waals surface area contributed by atoms with Crippen molar-refractivity contribution in [2.45, 2.75) is 42.3 Å². The van der Waals surface area contributed by atoms with Gasteiger partial charge in [-0.2, -0.15) is 0 Å². The average molecular weight is 311 g/mol. The summed E-state index contributed by atoms with van der Waals surface area (Å²) in [6.07, 6.45) is 1.76. The molecule has 0 aromatic rings. The molecule has 0 amide bonds. The van der Waals surface area contributed by atoms with Gasteiger partial charge in [-0.3, -0.25) is 0 Å². The highest BCUT2D eigenvalue weighted by Crippen LogP contribution is 2.41. The van der Waals surface area contributed by atoms with Gasteiger partial charge in [0.15, 0.2) is 3.79 Å². The van der Waals surface area contributed by atoms with Crippen molar-refractivity contribution < 1.29 is 0 Å². The highest BCUT2D eigenvalue weighted by atomic mass is 35.6. The quantitative estimate of drug-likeness (QED) is 0.600. The summed E-state index contributed by atoms with van der Waals surface area (Å²) in [6, 6.07) is 0. The second kappa shape index (κ2) is 6.11. The molecule has 0 aromatic carbocycles. The van der Waals surface area contributed by atoms with Gasteiger partial charge in [-0.1, -0.05) is 60.9 Å². The Morgan fingerprint density at radius 2 is 1.80 bits per heavy atom. The number of nitrogens with two attached hydrogens (primary N) is 1. The van der Waals surface area contributed by atoms with Crippen LogP contribution in [0.3, 0.4) is 0 Å². The fourth-order valence-corrected chi connectivity index (χ4v) is 2.22. The van der Waals surface area contributed by atoms with E-state index < -0.39 is 3.79 Å². The van der Waals surface area contributed by atoms with Crippen LogP contribution in [-0.4, -0.2) is 14.2 Å². The number of hydrogen-bond acceptors (Lipinski definition) is 1. The zero-order valence-electron chi connectivity index (χ0n) is 8.70. The van der Waals surface area contributed by atoms with Gasteiger partial charge in [-0.25, -0.2) is 0 Å². The number of halogens is 4. The first-order valence-corrected chi connectivity index (χ1v) is 6.51. The van der Waals surface area contributed by atoms with Crippen molar-refractivity contribution >= 4 is 63.6 Å². The van der Waals surface area contributed by atoms with Gasteiger partial charge in [0.25, 0.3) is 0 Å². The van der Waals surface area contributed by atoms with Crippen molar-refractivity contribution in [2.24, 2.45) is 11.1 Å². The van der Waals surface area contributed by atoms with Gasteiger partial charge in [0.05, 0.1) is 4.99 Å². The standard InChI is InChI=1S/C9H15Cl4NS/c1-8(2,4-3-7(14)15)6(10)5-9(11,12)13/h6H,3-5H2,1-2H3,(H2,14,15). The molecule has 0 aliphatic rings. The normalized spacial score (nSPS) is 15.1. The van der Waals surface area contributed by atoms with Crippen LogP contribution in [0.2, 0.25) is 0 Å². The minimum atomic E-state index is -1.31. The highest BCUT2D eigenvalue weighted by molar-refractivity contribution is 7.80. The van der Waals surface area contributed by atoms with E-state index in [4.69, 9.17) is 64.4 Å². The van der Waals surface area contributed by atoms with E-state index in [1.54, 1.807) is 0 Å². The summed E-state index contributed by atoms with van der Waals surface area (Å²) in [4.78, 5) is 0.487. The summed E-state index contributed by atoms with van der Waals surface area (Å²) >= 11 is 28.1. The van der Waals surface area contributed by atoms with Gasteiger partial charge >= 0.3 is 0 Å². The maximum absolute atomic E-state index is 6.20. The molecule has 90 valence electrons. The summed E-state index contributed by atoms with van der Waals surface area (Å²) in [7, 11) is 0. The third-order valence-corrected chi connectivity index (χ3v) is 3.69. The molecular weight excluding hydrogens is 296 g/mol. The molecule has 0 saturated heterocycles. The topological polar surface area (TPSA) is 26.0 Å². The lowest BCUT2D eigenvalue weighted by Gasteiger charge is -2.31. The highest BCUT2D eigenvalue weighted by Gasteiger charge is 2.34. The molecular formula is C9H15Cl4NS. The number of alkyl halides is 4. The molecule has 0 fully saturated rings. The minimum Gasteiger partial charge on any atom is -0.393 e. The van der Waals surface area contributed by atoms with Crippen LogP contribution >= 0.6 is 58.6 Å². The molecule has 0 saturated carbocycles. The molecule has 6 heteroatoms. The lowest BCUT2D eigenvalue weighted by Crippen LogP contribution is -2.29. The molecule has 2 N–H and O–H groups in total. The SMILES string of the molecule is CC(C)(CCC(N)=S)C(Cl)CC(Cl)(Cl)Cl. The first kappa shape index (κ1) is 16.1. The third-order valence-electron chi connectivity index (χ3n) is 2.27. The molecule has 0 bridgehead atoms. The second-order valence-electron chi connectivity index (χ2n) is 4.24. The van der Waals surface area contributed by atoms with Crippen LogP contribution in [0.1, 0.15) is 33.1 Å². The molecule has 0 aliphatic heterocycles. The van der Waals surface area contributed by atoms with Crippen LogP contribution in [0.5, 0.6) is 0 Å². The van der Waals surface area contributed by atoms with Crippen molar-refractivity contribution in [3.05, 3.63) is 0 Å². The fraction of sp³-hybridized carbons (Fsp3) is 0.889. The molecule has 15 heavy (non-hydrogen) atoms. The largest absolute Gasteiger partial charge is 0.393 e. The predicted octanol–water partition coefficient (Wildman–Crippen LogP) is 4.45. The smallest absolute Gasteiger partial charge is 0.192 e. The van der Waals surface area contributed by atoms with E-state index in [-0.39, 0.29) is 10.8 Å². The number of thiocarbonyl (C=S) groups is 1. The monoisotopic (exact) mass is 309 g/mol. The Morgan fingerprint density at radius 1 is 1.33 bits per heavy atom. The van der Waals surface area contributed by atoms with Gasteiger partial charge in [-0.05, 0) is 18.3 Å². The Bertz CT molecular complexity index is 225. The minimum absolute atomic E-state index is 0.158. The van der Waals surface area contributed by atoms with Crippen molar-refractivity contribution in [3.8, 4) is 0 Å². The molecule has 0 heterocycles. The van der Waals surface area contributed by atoms with Crippen molar-refractivity contribution in [2.75, 3.05) is 0 Å². The predicted molar refractivity (Wildman–Crippen MR) is 74.3 cm³/mol. The Labute approximate surface area is 117 Å². The first-order chi connectivity index (χ1) is 6.54. The van der Waals surface area contributed by atoms with Gasteiger partial charge in [0, 0.05) is 11.8 Å². The average Bonchev–Trinajstić information content (AvgIpc) is 1.97. The Kier molecular flexibility index (Phi) is 6.54. The van der Waals surface area contributed by atoms with E-state index in [0.717, 1.165) is 6.42 Å². The van der Waals surface area contributed by atoms with Crippen molar-refractivity contribution in [1.29, 1.82) is 0 Å². The van der Waals surface area contributed by atoms with Crippen LogP contribution in [0.15, 0.2) is 0 Å². The van der Waals surface area contributed by atoms with Gasteiger partial charge in [-0.15, -0.1) is 11.6 Å². The zero-order chi connectivity index (χ0) is 12.3. The van der Waals surface area contributed by atoms with Crippen molar-refractivity contribution in [1.82, 2.24) is 0 Å². The Hall–Kier alpha value is 1.05. The molecule has 0 aromatic heterocycles. The maximum atomic E-state index is 6.20. The molecule has 1 unspecified atom stereocenters. The van der Waals surface area contributed by atoms with E-state index in [9.17, 15) is 0 Å². The van der Waals surface area contributed by atoms with Crippen LogP contribution in [0.4, 0.5) is 0 Å². The van der Waals surface area contributed by atoms with Gasteiger partial charge in [0.2, 0.25) is 0 Å². The van der Waals surface area contributed by atoms with Crippen LogP contribution in [0, 0.1) is 5.41 Å². The lowest BCUT2D eigenvalue weighted by molar-refractivity contribution is 0.314. The van der Waals surface area contributed by atoms with Gasteiger partial charge in [0.1, 0.15) is 0 Å². The molecule has 1 atom stereocenters. The maximum Gasteiger partial charge on any atom is 0.192 e. The third kappa shape index (κ3) is 7.87. The van der Waals surface area contributed by atoms with E-state index >= 15 is 0 Å². The molecule has 0 spiro atoms. The van der Waals surface area contributed by atoms with Crippen LogP contribution in [-0.2, 0) is 0 Å². The first-order valence-electron chi connectivity index (χ1n) is 4.54. The summed E-state index contributed by atoms with van der Waals surface area (Å²) in [6.45, 7) is 4.03. The van der Waals surface area contributed by atoms with Crippen LogP contribution < -0.4 is 5.73 Å².